The van der Waals surface area contributed by atoms with E-state index in [1.807, 2.05) is 0 Å². The molecular formula is C12H23Br. The summed E-state index contributed by atoms with van der Waals surface area (Å²) in [5, 5.41) is 0. The number of hydrogen-bond acceptors (Lipinski definition) is 0. The lowest BCUT2D eigenvalue weighted by molar-refractivity contribution is 0.436. The van der Waals surface area contributed by atoms with E-state index in [0.717, 1.165) is 16.7 Å². The Bertz CT molecular complexity index is 127. The predicted octanol–water partition coefficient (Wildman–Crippen LogP) is 4.77. The van der Waals surface area contributed by atoms with E-state index in [1.54, 1.807) is 0 Å². The summed E-state index contributed by atoms with van der Waals surface area (Å²) in [5.74, 6) is 1.91. The van der Waals surface area contributed by atoms with Crippen molar-refractivity contribution in [1.29, 1.82) is 0 Å². The molecule has 1 fully saturated rings. The summed E-state index contributed by atoms with van der Waals surface area (Å²) in [6.07, 6.45) is 10.0. The van der Waals surface area contributed by atoms with Gasteiger partial charge in [-0.05, 0) is 37.5 Å². The highest BCUT2D eigenvalue weighted by molar-refractivity contribution is 9.09. The van der Waals surface area contributed by atoms with E-state index in [4.69, 9.17) is 0 Å². The van der Waals surface area contributed by atoms with Gasteiger partial charge in [-0.25, -0.2) is 0 Å². The number of halogens is 1. The van der Waals surface area contributed by atoms with E-state index >= 15 is 0 Å². The van der Waals surface area contributed by atoms with Crippen LogP contribution in [0.15, 0.2) is 0 Å². The Morgan fingerprint density at radius 2 is 1.85 bits per heavy atom. The van der Waals surface area contributed by atoms with Crippen molar-refractivity contribution in [2.24, 2.45) is 11.8 Å². The topological polar surface area (TPSA) is 0 Å². The molecule has 13 heavy (non-hydrogen) atoms. The van der Waals surface area contributed by atoms with Crippen LogP contribution in [0.4, 0.5) is 0 Å². The van der Waals surface area contributed by atoms with E-state index in [2.05, 4.69) is 29.8 Å². The average Bonchev–Trinajstić information content (AvgIpc) is 2.66. The van der Waals surface area contributed by atoms with Gasteiger partial charge in [-0.15, -0.1) is 0 Å². The lowest BCUT2D eigenvalue weighted by Crippen LogP contribution is -2.11. The first-order chi connectivity index (χ1) is 6.24. The SMILES string of the molecule is CCC(C)CCC(Br)C1CCCC1. The molecule has 0 aromatic heterocycles. The maximum absolute atomic E-state index is 3.86. The maximum atomic E-state index is 3.86. The lowest BCUT2D eigenvalue weighted by Gasteiger charge is -2.18. The van der Waals surface area contributed by atoms with E-state index in [1.165, 1.54) is 44.9 Å². The van der Waals surface area contributed by atoms with Gasteiger partial charge in [0.15, 0.2) is 0 Å². The van der Waals surface area contributed by atoms with Gasteiger partial charge in [0.2, 0.25) is 0 Å². The Hall–Kier alpha value is 0.480. The van der Waals surface area contributed by atoms with E-state index < -0.39 is 0 Å². The second kappa shape index (κ2) is 6.06. The molecule has 1 saturated carbocycles. The minimum Gasteiger partial charge on any atom is -0.0888 e. The van der Waals surface area contributed by atoms with Crippen molar-refractivity contribution in [1.82, 2.24) is 0 Å². The molecule has 0 radical (unpaired) electrons. The zero-order valence-electron chi connectivity index (χ0n) is 9.06. The molecule has 1 aliphatic rings. The smallest absolute Gasteiger partial charge is 0.0174 e. The first kappa shape index (κ1) is 11.6. The molecule has 78 valence electrons. The molecule has 0 amide bonds. The fraction of sp³-hybridized carbons (Fsp3) is 1.00. The van der Waals surface area contributed by atoms with Crippen LogP contribution in [-0.4, -0.2) is 4.83 Å². The molecule has 0 bridgehead atoms. The van der Waals surface area contributed by atoms with Crippen molar-refractivity contribution in [3.63, 3.8) is 0 Å². The molecule has 0 heterocycles. The van der Waals surface area contributed by atoms with Gasteiger partial charge in [-0.3, -0.25) is 0 Å². The van der Waals surface area contributed by atoms with Gasteiger partial charge >= 0.3 is 0 Å². The van der Waals surface area contributed by atoms with Gasteiger partial charge in [-0.1, -0.05) is 49.0 Å². The van der Waals surface area contributed by atoms with Gasteiger partial charge in [-0.2, -0.15) is 0 Å². The van der Waals surface area contributed by atoms with Crippen molar-refractivity contribution in [2.75, 3.05) is 0 Å². The third kappa shape index (κ3) is 4.01. The van der Waals surface area contributed by atoms with Crippen molar-refractivity contribution in [3.8, 4) is 0 Å². The van der Waals surface area contributed by atoms with Crippen LogP contribution < -0.4 is 0 Å². The van der Waals surface area contributed by atoms with E-state index in [-0.39, 0.29) is 0 Å². The van der Waals surface area contributed by atoms with Crippen LogP contribution in [0.5, 0.6) is 0 Å². The molecule has 0 spiro atoms. The minimum atomic E-state index is 0.809. The van der Waals surface area contributed by atoms with Crippen molar-refractivity contribution >= 4 is 15.9 Å². The lowest BCUT2D eigenvalue weighted by atomic mass is 9.95. The fourth-order valence-electron chi connectivity index (χ4n) is 2.20. The van der Waals surface area contributed by atoms with E-state index in [0.29, 0.717) is 0 Å². The fourth-order valence-corrected chi connectivity index (χ4v) is 3.00. The second-order valence-electron chi connectivity index (χ2n) is 4.65. The van der Waals surface area contributed by atoms with Gasteiger partial charge in [0.25, 0.3) is 0 Å². The normalized spacial score (nSPS) is 23.3. The van der Waals surface area contributed by atoms with E-state index in [9.17, 15) is 0 Å². The second-order valence-corrected chi connectivity index (χ2v) is 5.83. The van der Waals surface area contributed by atoms with Crippen LogP contribution in [0.3, 0.4) is 0 Å². The van der Waals surface area contributed by atoms with Crippen molar-refractivity contribution < 1.29 is 0 Å². The molecule has 1 aliphatic carbocycles. The number of alkyl halides is 1. The Kier molecular flexibility index (Phi) is 5.38. The third-order valence-corrected chi connectivity index (χ3v) is 4.75. The van der Waals surface area contributed by atoms with Gasteiger partial charge in [0.1, 0.15) is 0 Å². The molecule has 1 heteroatoms. The Balaban J connectivity index is 2.12. The van der Waals surface area contributed by atoms with Gasteiger partial charge in [0.05, 0.1) is 0 Å². The standard InChI is InChI=1S/C12H23Br/c1-3-10(2)8-9-12(13)11-6-4-5-7-11/h10-12H,3-9H2,1-2H3. The molecule has 2 atom stereocenters. The molecule has 0 nitrogen and oxygen atoms in total. The largest absolute Gasteiger partial charge is 0.0888 e. The zero-order chi connectivity index (χ0) is 9.68. The minimum absolute atomic E-state index is 0.809. The number of hydrogen-bond donors (Lipinski definition) is 0. The van der Waals surface area contributed by atoms with Gasteiger partial charge < -0.3 is 0 Å². The molecule has 0 aliphatic heterocycles. The van der Waals surface area contributed by atoms with Crippen LogP contribution in [0.2, 0.25) is 0 Å². The maximum Gasteiger partial charge on any atom is 0.0174 e. The summed E-state index contributed by atoms with van der Waals surface area (Å²) < 4.78 is 0. The van der Waals surface area contributed by atoms with Crippen LogP contribution in [-0.2, 0) is 0 Å². The molecule has 2 unspecified atom stereocenters. The van der Waals surface area contributed by atoms with Crippen LogP contribution in [0.25, 0.3) is 0 Å². The summed E-state index contributed by atoms with van der Waals surface area (Å²) in [6.45, 7) is 4.66. The zero-order valence-corrected chi connectivity index (χ0v) is 10.6. The van der Waals surface area contributed by atoms with Crippen LogP contribution >= 0.6 is 15.9 Å². The van der Waals surface area contributed by atoms with Crippen molar-refractivity contribution in [3.05, 3.63) is 0 Å². The number of rotatable bonds is 5. The molecule has 0 saturated heterocycles. The average molecular weight is 247 g/mol. The Morgan fingerprint density at radius 3 is 2.38 bits per heavy atom. The first-order valence-electron chi connectivity index (χ1n) is 5.88. The molecule has 0 N–H and O–H groups in total. The summed E-state index contributed by atoms with van der Waals surface area (Å²) in [5.41, 5.74) is 0. The highest BCUT2D eigenvalue weighted by Gasteiger charge is 2.22. The third-order valence-electron chi connectivity index (χ3n) is 3.54. The molecule has 0 aromatic carbocycles. The summed E-state index contributed by atoms with van der Waals surface area (Å²) >= 11 is 3.86. The molecular weight excluding hydrogens is 224 g/mol. The summed E-state index contributed by atoms with van der Waals surface area (Å²) in [7, 11) is 0. The Morgan fingerprint density at radius 1 is 1.23 bits per heavy atom. The van der Waals surface area contributed by atoms with Crippen LogP contribution in [0, 0.1) is 11.8 Å². The van der Waals surface area contributed by atoms with Gasteiger partial charge in [0, 0.05) is 4.83 Å². The Labute approximate surface area is 91.6 Å². The highest BCUT2D eigenvalue weighted by atomic mass is 79.9. The predicted molar refractivity (Wildman–Crippen MR) is 63.4 cm³/mol. The van der Waals surface area contributed by atoms with Crippen molar-refractivity contribution in [2.45, 2.75) is 63.6 Å². The van der Waals surface area contributed by atoms with Crippen LogP contribution in [0.1, 0.15) is 58.8 Å². The molecule has 0 aromatic rings. The molecule has 1 rings (SSSR count). The first-order valence-corrected chi connectivity index (χ1v) is 6.79. The monoisotopic (exact) mass is 246 g/mol. The summed E-state index contributed by atoms with van der Waals surface area (Å²) in [4.78, 5) is 0.809. The highest BCUT2D eigenvalue weighted by Crippen LogP contribution is 2.34. The quantitative estimate of drug-likeness (QED) is 0.614. The summed E-state index contributed by atoms with van der Waals surface area (Å²) in [6, 6.07) is 0.